The highest BCUT2D eigenvalue weighted by molar-refractivity contribution is 6.34. The molecular weight excluding hydrogens is 246 g/mol. The van der Waals surface area contributed by atoms with Crippen LogP contribution in [-0.2, 0) is 16.1 Å². The molecule has 1 fully saturated rings. The molecule has 104 valence electrons. The molecule has 1 saturated heterocycles. The van der Waals surface area contributed by atoms with Crippen LogP contribution in [0.2, 0.25) is 0 Å². The molecule has 1 aromatic heterocycles. The molecule has 0 saturated carbocycles. The number of nitrogens with one attached hydrogen (secondary N) is 2. The Morgan fingerprint density at radius 3 is 3.00 bits per heavy atom. The summed E-state index contributed by atoms with van der Waals surface area (Å²) in [6.07, 6.45) is 4.19. The van der Waals surface area contributed by atoms with Crippen molar-refractivity contribution in [2.75, 3.05) is 33.2 Å². The van der Waals surface area contributed by atoms with E-state index in [1.165, 1.54) is 4.90 Å². The number of carbonyl (C=O) groups excluding carboxylic acids is 2. The maximum absolute atomic E-state index is 12.1. The van der Waals surface area contributed by atoms with Crippen LogP contribution in [0.5, 0.6) is 0 Å². The van der Waals surface area contributed by atoms with Crippen LogP contribution in [0.25, 0.3) is 0 Å². The second kappa shape index (κ2) is 6.33. The molecule has 2 rings (SSSR count). The number of nitrogens with zero attached hydrogens (tertiary/aromatic N) is 3. The molecule has 1 aliphatic rings. The Labute approximate surface area is 112 Å². The van der Waals surface area contributed by atoms with E-state index in [0.717, 1.165) is 19.5 Å². The number of H-pyrrole nitrogens is 1. The highest BCUT2D eigenvalue weighted by atomic mass is 16.2. The number of amides is 2. The summed E-state index contributed by atoms with van der Waals surface area (Å²) in [5.74, 6) is -0.253. The van der Waals surface area contributed by atoms with Crippen molar-refractivity contribution in [2.24, 2.45) is 0 Å². The highest BCUT2D eigenvalue weighted by Gasteiger charge is 2.25. The fourth-order valence-electron chi connectivity index (χ4n) is 2.03. The Morgan fingerprint density at radius 1 is 1.42 bits per heavy atom. The molecule has 0 radical (unpaired) electrons. The Balaban J connectivity index is 1.92. The lowest BCUT2D eigenvalue weighted by molar-refractivity contribution is -0.151. The number of aromatic amines is 1. The van der Waals surface area contributed by atoms with E-state index in [-0.39, 0.29) is 0 Å². The van der Waals surface area contributed by atoms with E-state index in [1.807, 2.05) is 0 Å². The van der Waals surface area contributed by atoms with Gasteiger partial charge in [-0.15, -0.1) is 0 Å². The van der Waals surface area contributed by atoms with Gasteiger partial charge in [0.05, 0.1) is 6.54 Å². The van der Waals surface area contributed by atoms with Gasteiger partial charge in [0.1, 0.15) is 5.82 Å². The van der Waals surface area contributed by atoms with Gasteiger partial charge in [-0.25, -0.2) is 4.98 Å². The molecule has 1 aliphatic heterocycles. The molecule has 2 amide bonds. The summed E-state index contributed by atoms with van der Waals surface area (Å²) in [5, 5.41) is 3.20. The first-order valence-electron chi connectivity index (χ1n) is 6.42. The summed E-state index contributed by atoms with van der Waals surface area (Å²) in [4.78, 5) is 34.1. The first-order chi connectivity index (χ1) is 9.18. The van der Waals surface area contributed by atoms with Crippen molar-refractivity contribution in [3.8, 4) is 0 Å². The number of hydrogen-bond acceptors (Lipinski definition) is 4. The number of carbonyl (C=O) groups is 2. The van der Waals surface area contributed by atoms with Gasteiger partial charge in [-0.1, -0.05) is 0 Å². The third-order valence-electron chi connectivity index (χ3n) is 3.10. The van der Waals surface area contributed by atoms with Gasteiger partial charge in [-0.05, 0) is 13.0 Å². The van der Waals surface area contributed by atoms with Crippen molar-refractivity contribution in [1.29, 1.82) is 0 Å². The predicted molar refractivity (Wildman–Crippen MR) is 69.1 cm³/mol. The van der Waals surface area contributed by atoms with Crippen molar-refractivity contribution in [1.82, 2.24) is 25.1 Å². The number of aromatic nitrogens is 2. The standard InChI is InChI=1S/C12H19N5O2/c1-16(9-10-14-4-5-15-10)11(18)12(19)17-7-2-3-13-6-8-17/h4-5,13H,2-3,6-9H2,1H3,(H,14,15). The first kappa shape index (κ1) is 13.5. The summed E-state index contributed by atoms with van der Waals surface area (Å²) < 4.78 is 0. The molecule has 1 aromatic rings. The average Bonchev–Trinajstić information content (AvgIpc) is 2.77. The van der Waals surface area contributed by atoms with Crippen molar-refractivity contribution in [3.05, 3.63) is 18.2 Å². The van der Waals surface area contributed by atoms with Gasteiger partial charge >= 0.3 is 11.8 Å². The van der Waals surface area contributed by atoms with E-state index in [0.29, 0.717) is 25.5 Å². The number of likely N-dealkylation sites (N-methyl/N-ethyl adjacent to an activating group) is 1. The van der Waals surface area contributed by atoms with Gasteiger partial charge in [0, 0.05) is 39.1 Å². The minimum Gasteiger partial charge on any atom is -0.347 e. The second-order valence-corrected chi connectivity index (χ2v) is 4.59. The van der Waals surface area contributed by atoms with E-state index in [9.17, 15) is 9.59 Å². The average molecular weight is 265 g/mol. The van der Waals surface area contributed by atoms with E-state index >= 15 is 0 Å². The molecular formula is C12H19N5O2. The lowest BCUT2D eigenvalue weighted by Crippen LogP contribution is -2.44. The topological polar surface area (TPSA) is 81.3 Å². The van der Waals surface area contributed by atoms with Gasteiger partial charge in [-0.2, -0.15) is 0 Å². The Bertz CT molecular complexity index is 423. The van der Waals surface area contributed by atoms with E-state index in [2.05, 4.69) is 15.3 Å². The minimum absolute atomic E-state index is 0.309. The molecule has 0 atom stereocenters. The quantitative estimate of drug-likeness (QED) is 0.685. The summed E-state index contributed by atoms with van der Waals surface area (Å²) in [7, 11) is 1.61. The second-order valence-electron chi connectivity index (χ2n) is 4.59. The van der Waals surface area contributed by atoms with Crippen molar-refractivity contribution in [3.63, 3.8) is 0 Å². The molecule has 0 aliphatic carbocycles. The largest absolute Gasteiger partial charge is 0.347 e. The van der Waals surface area contributed by atoms with Crippen molar-refractivity contribution in [2.45, 2.75) is 13.0 Å². The highest BCUT2D eigenvalue weighted by Crippen LogP contribution is 2.02. The van der Waals surface area contributed by atoms with Gasteiger partial charge in [-0.3, -0.25) is 9.59 Å². The molecule has 2 N–H and O–H groups in total. The lowest BCUT2D eigenvalue weighted by Gasteiger charge is -2.22. The zero-order valence-corrected chi connectivity index (χ0v) is 11.1. The zero-order valence-electron chi connectivity index (χ0n) is 11.1. The van der Waals surface area contributed by atoms with Crippen LogP contribution >= 0.6 is 0 Å². The Kier molecular flexibility index (Phi) is 4.51. The monoisotopic (exact) mass is 265 g/mol. The summed E-state index contributed by atoms with van der Waals surface area (Å²) >= 11 is 0. The van der Waals surface area contributed by atoms with E-state index in [4.69, 9.17) is 0 Å². The molecule has 7 nitrogen and oxygen atoms in total. The molecule has 0 spiro atoms. The fraction of sp³-hybridized carbons (Fsp3) is 0.583. The Morgan fingerprint density at radius 2 is 2.26 bits per heavy atom. The van der Waals surface area contributed by atoms with E-state index in [1.54, 1.807) is 24.3 Å². The van der Waals surface area contributed by atoms with Crippen LogP contribution in [-0.4, -0.2) is 64.8 Å². The summed E-state index contributed by atoms with van der Waals surface area (Å²) in [5.41, 5.74) is 0. The van der Waals surface area contributed by atoms with Gasteiger partial charge in [0.25, 0.3) is 0 Å². The van der Waals surface area contributed by atoms with Crippen molar-refractivity contribution >= 4 is 11.8 Å². The zero-order chi connectivity index (χ0) is 13.7. The minimum atomic E-state index is -0.488. The predicted octanol–water partition coefficient (Wildman–Crippen LogP) is -0.810. The van der Waals surface area contributed by atoms with Crippen molar-refractivity contribution < 1.29 is 9.59 Å². The maximum Gasteiger partial charge on any atom is 0.312 e. The number of hydrogen-bond donors (Lipinski definition) is 2. The lowest BCUT2D eigenvalue weighted by atomic mass is 10.3. The molecule has 19 heavy (non-hydrogen) atoms. The van der Waals surface area contributed by atoms with Crippen LogP contribution in [0.1, 0.15) is 12.2 Å². The summed E-state index contributed by atoms with van der Waals surface area (Å²) in [6.45, 7) is 3.15. The SMILES string of the molecule is CN(Cc1ncc[nH]1)C(=O)C(=O)N1CCCNCC1. The van der Waals surface area contributed by atoms with Crippen LogP contribution in [0.15, 0.2) is 12.4 Å². The third kappa shape index (κ3) is 3.54. The number of rotatable bonds is 2. The Hall–Kier alpha value is -1.89. The van der Waals surface area contributed by atoms with Crippen LogP contribution < -0.4 is 5.32 Å². The molecule has 0 bridgehead atoms. The van der Waals surface area contributed by atoms with Gasteiger partial charge in [0.2, 0.25) is 0 Å². The maximum atomic E-state index is 12.1. The molecule has 2 heterocycles. The molecule has 0 unspecified atom stereocenters. The smallest absolute Gasteiger partial charge is 0.312 e. The molecule has 0 aromatic carbocycles. The summed E-state index contributed by atoms with van der Waals surface area (Å²) in [6, 6.07) is 0. The van der Waals surface area contributed by atoms with Gasteiger partial charge in [0.15, 0.2) is 0 Å². The van der Waals surface area contributed by atoms with Crippen LogP contribution in [0.3, 0.4) is 0 Å². The normalized spacial score (nSPS) is 15.9. The molecule has 7 heteroatoms. The van der Waals surface area contributed by atoms with Crippen LogP contribution in [0, 0.1) is 0 Å². The van der Waals surface area contributed by atoms with E-state index < -0.39 is 11.8 Å². The number of imidazole rings is 1. The first-order valence-corrected chi connectivity index (χ1v) is 6.42. The fourth-order valence-corrected chi connectivity index (χ4v) is 2.03. The van der Waals surface area contributed by atoms with Gasteiger partial charge < -0.3 is 20.1 Å². The third-order valence-corrected chi connectivity index (χ3v) is 3.10. The van der Waals surface area contributed by atoms with Crippen LogP contribution in [0.4, 0.5) is 0 Å².